The van der Waals surface area contributed by atoms with Gasteiger partial charge < -0.3 is 20.1 Å². The molecule has 1 aliphatic heterocycles. The number of hydrogen-bond donors (Lipinski definition) is 2. The molecule has 0 saturated carbocycles. The van der Waals surface area contributed by atoms with Gasteiger partial charge in [-0.25, -0.2) is 14.2 Å². The van der Waals surface area contributed by atoms with E-state index in [0.717, 1.165) is 30.7 Å². The first-order valence-electron chi connectivity index (χ1n) is 10.4. The summed E-state index contributed by atoms with van der Waals surface area (Å²) in [6, 6.07) is 0. The van der Waals surface area contributed by atoms with Crippen molar-refractivity contribution >= 4 is 29.1 Å². The number of alkyl halides is 3. The predicted octanol–water partition coefficient (Wildman–Crippen LogP) is -0.474. The number of fused-ring (bicyclic) bond motifs is 1. The molecule has 0 radical (unpaired) electrons. The van der Waals surface area contributed by atoms with Gasteiger partial charge in [-0.05, 0) is 13.8 Å². The Morgan fingerprint density at radius 1 is 1.20 bits per heavy atom. The van der Waals surface area contributed by atoms with E-state index in [9.17, 15) is 27.6 Å². The van der Waals surface area contributed by atoms with Crippen LogP contribution in [0.15, 0.2) is 9.59 Å². The fraction of sp³-hybridized carbons (Fsp3) is 0.550. The van der Waals surface area contributed by atoms with E-state index in [0.29, 0.717) is 5.95 Å². The van der Waals surface area contributed by atoms with E-state index >= 15 is 0 Å². The van der Waals surface area contributed by atoms with E-state index in [2.05, 4.69) is 27.0 Å². The summed E-state index contributed by atoms with van der Waals surface area (Å²) in [4.78, 5) is 53.2. The lowest BCUT2D eigenvalue weighted by Gasteiger charge is -2.28. The summed E-state index contributed by atoms with van der Waals surface area (Å²) in [7, 11) is 1.54. The van der Waals surface area contributed by atoms with E-state index in [-0.39, 0.29) is 24.3 Å². The summed E-state index contributed by atoms with van der Waals surface area (Å²) in [6.45, 7) is 6.44. The molecule has 15 heteroatoms. The summed E-state index contributed by atoms with van der Waals surface area (Å²) in [5, 5.41) is 10.4. The van der Waals surface area contributed by atoms with Gasteiger partial charge in [-0.15, -0.1) is 5.92 Å². The van der Waals surface area contributed by atoms with Gasteiger partial charge in [-0.2, -0.15) is 18.2 Å². The Kier molecular flexibility index (Phi) is 9.06. The van der Waals surface area contributed by atoms with Gasteiger partial charge in [0.05, 0.1) is 13.2 Å². The Morgan fingerprint density at radius 3 is 2.31 bits per heavy atom. The number of piperazine rings is 1. The van der Waals surface area contributed by atoms with Crippen molar-refractivity contribution in [2.45, 2.75) is 33.1 Å². The Morgan fingerprint density at radius 2 is 1.80 bits per heavy atom. The first-order valence-corrected chi connectivity index (χ1v) is 10.4. The van der Waals surface area contributed by atoms with Crippen LogP contribution in [-0.4, -0.2) is 74.7 Å². The molecule has 1 fully saturated rings. The van der Waals surface area contributed by atoms with Crippen LogP contribution in [0.5, 0.6) is 0 Å². The van der Waals surface area contributed by atoms with Crippen LogP contribution < -0.4 is 21.5 Å². The molecular formula is C20H25F3N6O6. The number of nitrogens with one attached hydrogen (secondary N) is 1. The molecule has 0 aliphatic carbocycles. The molecule has 1 aliphatic rings. The maximum Gasteiger partial charge on any atom is 0.490 e. The van der Waals surface area contributed by atoms with Crippen molar-refractivity contribution in [2.75, 3.05) is 37.7 Å². The molecule has 2 aromatic heterocycles. The van der Waals surface area contributed by atoms with Crippen molar-refractivity contribution in [1.29, 1.82) is 0 Å². The third-order valence-corrected chi connectivity index (χ3v) is 4.86. The van der Waals surface area contributed by atoms with Crippen LogP contribution in [-0.2, 0) is 34.5 Å². The predicted molar refractivity (Wildman–Crippen MR) is 118 cm³/mol. The summed E-state index contributed by atoms with van der Waals surface area (Å²) in [5.41, 5.74) is -0.647. The van der Waals surface area contributed by atoms with Crippen molar-refractivity contribution in [2.24, 2.45) is 7.05 Å². The second-order valence-electron chi connectivity index (χ2n) is 7.17. The second-order valence-corrected chi connectivity index (χ2v) is 7.17. The largest absolute Gasteiger partial charge is 0.490 e. The first kappa shape index (κ1) is 27.4. The number of aryl methyl sites for hydroxylation is 1. The maximum atomic E-state index is 13.1. The van der Waals surface area contributed by atoms with Crippen LogP contribution in [0.4, 0.5) is 19.1 Å². The molecule has 2 N–H and O–H groups in total. The lowest BCUT2D eigenvalue weighted by molar-refractivity contribution is -0.192. The Hall–Kier alpha value is -3.80. The lowest BCUT2D eigenvalue weighted by atomic mass is 10.4. The smallest absolute Gasteiger partial charge is 0.475 e. The van der Waals surface area contributed by atoms with Gasteiger partial charge in [0.25, 0.3) is 5.56 Å². The van der Waals surface area contributed by atoms with Crippen molar-refractivity contribution in [3.05, 3.63) is 20.8 Å². The third-order valence-electron chi connectivity index (χ3n) is 4.86. The zero-order chi connectivity index (χ0) is 26.3. The van der Waals surface area contributed by atoms with Gasteiger partial charge in [0, 0.05) is 33.2 Å². The Labute approximate surface area is 196 Å². The highest BCUT2D eigenvalue weighted by Crippen LogP contribution is 2.20. The number of hydrogen-bond acceptors (Lipinski definition) is 8. The fourth-order valence-corrected chi connectivity index (χ4v) is 3.25. The molecule has 35 heavy (non-hydrogen) atoms. The minimum atomic E-state index is -5.08. The summed E-state index contributed by atoms with van der Waals surface area (Å²) in [6.07, 6.45) is -5.08. The van der Waals surface area contributed by atoms with Gasteiger partial charge in [0.2, 0.25) is 5.95 Å². The molecule has 3 rings (SSSR count). The zero-order valence-corrected chi connectivity index (χ0v) is 19.3. The van der Waals surface area contributed by atoms with Crippen LogP contribution in [0.25, 0.3) is 11.2 Å². The number of aliphatic carboxylic acids is 1. The number of esters is 1. The number of nitrogens with zero attached hydrogens (tertiary/aromatic N) is 5. The number of ether oxygens (including phenoxy) is 1. The number of halogens is 3. The van der Waals surface area contributed by atoms with Gasteiger partial charge >= 0.3 is 23.8 Å². The normalized spacial score (nSPS) is 13.5. The second kappa shape index (κ2) is 11.6. The van der Waals surface area contributed by atoms with Crippen LogP contribution in [0.3, 0.4) is 0 Å². The van der Waals surface area contributed by atoms with Gasteiger partial charge in [-0.1, -0.05) is 5.92 Å². The minimum absolute atomic E-state index is 0.174. The molecule has 0 unspecified atom stereocenters. The number of anilines is 1. The lowest BCUT2D eigenvalue weighted by Crippen LogP contribution is -2.44. The quantitative estimate of drug-likeness (QED) is 0.410. The molecule has 0 amide bonds. The Bertz CT molecular complexity index is 1260. The summed E-state index contributed by atoms with van der Waals surface area (Å²) < 4.78 is 40.5. The van der Waals surface area contributed by atoms with E-state index in [1.807, 2.05) is 0 Å². The van der Waals surface area contributed by atoms with Crippen molar-refractivity contribution < 1.29 is 32.6 Å². The highest BCUT2D eigenvalue weighted by Gasteiger charge is 2.38. The number of rotatable bonds is 5. The van der Waals surface area contributed by atoms with E-state index < -0.39 is 35.9 Å². The van der Waals surface area contributed by atoms with Crippen LogP contribution in [0.1, 0.15) is 13.8 Å². The fourth-order valence-electron chi connectivity index (χ4n) is 3.25. The van der Waals surface area contributed by atoms with Crippen LogP contribution >= 0.6 is 0 Å². The number of carboxylic acids is 1. The molecule has 12 nitrogen and oxygen atoms in total. The third kappa shape index (κ3) is 6.41. The zero-order valence-electron chi connectivity index (χ0n) is 19.3. The van der Waals surface area contributed by atoms with Crippen molar-refractivity contribution in [3.8, 4) is 11.8 Å². The monoisotopic (exact) mass is 502 g/mol. The number of imidazole rings is 1. The Balaban J connectivity index is 0.000000540. The number of carbonyl (C=O) groups is 2. The average molecular weight is 502 g/mol. The van der Waals surface area contributed by atoms with E-state index in [1.54, 1.807) is 18.4 Å². The van der Waals surface area contributed by atoms with Crippen molar-refractivity contribution in [1.82, 2.24) is 24.0 Å². The topological polar surface area (TPSA) is 141 Å². The van der Waals surface area contributed by atoms with Crippen LogP contribution in [0.2, 0.25) is 0 Å². The highest BCUT2D eigenvalue weighted by atomic mass is 19.4. The summed E-state index contributed by atoms with van der Waals surface area (Å²) in [5.74, 6) is 3.00. The molecule has 2 aromatic rings. The molecule has 0 bridgehead atoms. The molecule has 0 aromatic carbocycles. The minimum Gasteiger partial charge on any atom is -0.475 e. The van der Waals surface area contributed by atoms with Gasteiger partial charge in [0.1, 0.15) is 6.54 Å². The van der Waals surface area contributed by atoms with E-state index in [4.69, 9.17) is 14.6 Å². The number of carboxylic acid groups (broad SMARTS) is 1. The standard InChI is InChI=1S/C18H24N6O4.C2HF3O2/c1-4-6-9-23-14-15(20-17(23)22-10-7-19-8-11-22)21(3)18(27)24(16(14)26)12-13(25)28-5-2;3-2(4,5)1(6)7/h19H,5,7-12H2,1-3H3;(H,6,7). The average Bonchev–Trinajstić information content (AvgIpc) is 3.19. The highest BCUT2D eigenvalue weighted by molar-refractivity contribution is 5.76. The van der Waals surface area contributed by atoms with Crippen molar-refractivity contribution in [3.63, 3.8) is 0 Å². The van der Waals surface area contributed by atoms with Crippen LogP contribution in [0, 0.1) is 11.8 Å². The number of carbonyl (C=O) groups excluding carboxylic acids is 1. The molecular weight excluding hydrogens is 477 g/mol. The number of aromatic nitrogens is 4. The molecule has 1 saturated heterocycles. The molecule has 192 valence electrons. The summed E-state index contributed by atoms with van der Waals surface area (Å²) >= 11 is 0. The maximum absolute atomic E-state index is 13.1. The van der Waals surface area contributed by atoms with Gasteiger partial charge in [0.15, 0.2) is 11.2 Å². The van der Waals surface area contributed by atoms with Gasteiger partial charge in [-0.3, -0.25) is 18.7 Å². The molecule has 3 heterocycles. The van der Waals surface area contributed by atoms with E-state index in [1.165, 1.54) is 11.6 Å². The first-order chi connectivity index (χ1) is 16.4. The molecule has 0 spiro atoms. The molecule has 0 atom stereocenters. The SMILES string of the molecule is CC#CCn1c(N2CCNCC2)nc2c1c(=O)n(CC(=O)OCC)c(=O)n2C.O=C(O)C(F)(F)F.